The average Bonchev–Trinajstić information content (AvgIpc) is 2.86. The molecule has 176 valence electrons. The van der Waals surface area contributed by atoms with Crippen LogP contribution in [0.15, 0.2) is 66.7 Å². The first kappa shape index (κ1) is 25.2. The fourth-order valence-corrected chi connectivity index (χ4v) is 4.86. The van der Waals surface area contributed by atoms with Crippen molar-refractivity contribution in [2.24, 2.45) is 0 Å². The van der Waals surface area contributed by atoms with Gasteiger partial charge in [-0.25, -0.2) is 0 Å². The lowest BCUT2D eigenvalue weighted by Gasteiger charge is -2.13. The molecule has 3 aromatic carbocycles. The number of Topliss-reactive ketones (excluding diaryl/α,β-unsaturated/α-hetero) is 1. The highest BCUT2D eigenvalue weighted by molar-refractivity contribution is 6.13. The topological polar surface area (TPSA) is 17.1 Å². The van der Waals surface area contributed by atoms with Crippen molar-refractivity contribution in [3.63, 3.8) is 0 Å². The molecule has 0 spiro atoms. The Hall–Kier alpha value is -2.41. The zero-order chi connectivity index (χ0) is 23.1. The first-order valence-electron chi connectivity index (χ1n) is 13.4. The summed E-state index contributed by atoms with van der Waals surface area (Å²) < 4.78 is 0. The van der Waals surface area contributed by atoms with Crippen molar-refractivity contribution >= 4 is 16.6 Å². The lowest BCUT2D eigenvalue weighted by atomic mass is 9.90. The van der Waals surface area contributed by atoms with Crippen LogP contribution in [0.5, 0.6) is 0 Å². The molecule has 0 aromatic heterocycles. The SMILES string of the molecule is CCCCCCCCCCCCCCCC(=O)c1c(-c2ccccc2)ccc2ccccc12. The molecule has 0 aliphatic heterocycles. The Labute approximate surface area is 201 Å². The van der Waals surface area contributed by atoms with E-state index in [1.165, 1.54) is 70.6 Å². The zero-order valence-electron chi connectivity index (χ0n) is 20.7. The first-order valence-corrected chi connectivity index (χ1v) is 13.4. The molecule has 0 fully saturated rings. The van der Waals surface area contributed by atoms with Gasteiger partial charge < -0.3 is 0 Å². The summed E-state index contributed by atoms with van der Waals surface area (Å²) >= 11 is 0. The van der Waals surface area contributed by atoms with E-state index in [2.05, 4.69) is 43.3 Å². The lowest BCUT2D eigenvalue weighted by molar-refractivity contribution is 0.0981. The highest BCUT2D eigenvalue weighted by Gasteiger charge is 2.16. The molecule has 1 heteroatoms. The number of ketones is 1. The fourth-order valence-electron chi connectivity index (χ4n) is 4.86. The largest absolute Gasteiger partial charge is 0.294 e. The van der Waals surface area contributed by atoms with Crippen molar-refractivity contribution < 1.29 is 4.79 Å². The minimum Gasteiger partial charge on any atom is -0.294 e. The number of carbonyl (C=O) groups is 1. The monoisotopic (exact) mass is 442 g/mol. The predicted molar refractivity (Wildman–Crippen MR) is 144 cm³/mol. The Bertz CT molecular complexity index is 957. The summed E-state index contributed by atoms with van der Waals surface area (Å²) in [6.07, 6.45) is 17.9. The summed E-state index contributed by atoms with van der Waals surface area (Å²) in [7, 11) is 0. The Morgan fingerprint density at radius 2 is 1.12 bits per heavy atom. The second-order valence-corrected chi connectivity index (χ2v) is 9.49. The number of unbranched alkanes of at least 4 members (excludes halogenated alkanes) is 12. The number of hydrogen-bond donors (Lipinski definition) is 0. The molecule has 0 aliphatic carbocycles. The van der Waals surface area contributed by atoms with Gasteiger partial charge in [-0.1, -0.05) is 151 Å². The Balaban J connectivity index is 1.43. The molecule has 0 radical (unpaired) electrons. The highest BCUT2D eigenvalue weighted by atomic mass is 16.1. The van der Waals surface area contributed by atoms with Gasteiger partial charge >= 0.3 is 0 Å². The van der Waals surface area contributed by atoms with Crippen molar-refractivity contribution in [2.75, 3.05) is 0 Å². The summed E-state index contributed by atoms with van der Waals surface area (Å²) in [6.45, 7) is 2.28. The quantitative estimate of drug-likeness (QED) is 0.159. The third-order valence-electron chi connectivity index (χ3n) is 6.80. The van der Waals surface area contributed by atoms with Crippen LogP contribution in [0.25, 0.3) is 21.9 Å². The van der Waals surface area contributed by atoms with E-state index < -0.39 is 0 Å². The predicted octanol–water partition coefficient (Wildman–Crippen LogP) is 10.2. The number of benzene rings is 3. The minimum absolute atomic E-state index is 0.286. The van der Waals surface area contributed by atoms with Crippen LogP contribution in [-0.4, -0.2) is 5.78 Å². The Kier molecular flexibility index (Phi) is 11.2. The maximum atomic E-state index is 13.4. The Morgan fingerprint density at radius 3 is 1.76 bits per heavy atom. The van der Waals surface area contributed by atoms with Crippen molar-refractivity contribution in [2.45, 2.75) is 96.8 Å². The van der Waals surface area contributed by atoms with E-state index in [1.807, 2.05) is 30.3 Å². The van der Waals surface area contributed by atoms with Gasteiger partial charge in [0.25, 0.3) is 0 Å². The fraction of sp³-hybridized carbons (Fsp3) is 0.469. The summed E-state index contributed by atoms with van der Waals surface area (Å²) in [5.74, 6) is 0.286. The molecule has 0 saturated carbocycles. The van der Waals surface area contributed by atoms with Crippen LogP contribution in [0, 0.1) is 0 Å². The molecule has 0 amide bonds. The Morgan fingerprint density at radius 1 is 0.576 bits per heavy atom. The van der Waals surface area contributed by atoms with E-state index in [4.69, 9.17) is 0 Å². The molecule has 3 rings (SSSR count). The molecular weight excluding hydrogens is 400 g/mol. The zero-order valence-corrected chi connectivity index (χ0v) is 20.7. The molecule has 0 atom stereocenters. The second kappa shape index (κ2) is 14.7. The summed E-state index contributed by atoms with van der Waals surface area (Å²) in [5, 5.41) is 2.23. The summed E-state index contributed by atoms with van der Waals surface area (Å²) in [5.41, 5.74) is 3.09. The van der Waals surface area contributed by atoms with E-state index in [1.54, 1.807) is 0 Å². The molecule has 33 heavy (non-hydrogen) atoms. The third kappa shape index (κ3) is 8.14. The van der Waals surface area contributed by atoms with Gasteiger partial charge in [-0.2, -0.15) is 0 Å². The van der Waals surface area contributed by atoms with Crippen LogP contribution < -0.4 is 0 Å². The maximum absolute atomic E-state index is 13.4. The normalized spacial score (nSPS) is 11.2. The first-order chi connectivity index (χ1) is 16.3. The molecule has 0 N–H and O–H groups in total. The van der Waals surface area contributed by atoms with E-state index in [-0.39, 0.29) is 5.78 Å². The van der Waals surface area contributed by atoms with Crippen molar-refractivity contribution in [1.82, 2.24) is 0 Å². The smallest absolute Gasteiger partial charge is 0.164 e. The van der Waals surface area contributed by atoms with Crippen LogP contribution in [-0.2, 0) is 0 Å². The molecule has 0 unspecified atom stereocenters. The van der Waals surface area contributed by atoms with Crippen molar-refractivity contribution in [3.8, 4) is 11.1 Å². The number of carbonyl (C=O) groups excluding carboxylic acids is 1. The summed E-state index contributed by atoms with van der Waals surface area (Å²) in [4.78, 5) is 13.4. The van der Waals surface area contributed by atoms with Crippen LogP contribution in [0.4, 0.5) is 0 Å². The van der Waals surface area contributed by atoms with Crippen LogP contribution in [0.1, 0.15) is 107 Å². The molecule has 0 heterocycles. The number of fused-ring (bicyclic) bond motifs is 1. The van der Waals surface area contributed by atoms with Gasteiger partial charge in [0.05, 0.1) is 0 Å². The van der Waals surface area contributed by atoms with Gasteiger partial charge in [-0.05, 0) is 28.3 Å². The van der Waals surface area contributed by atoms with Gasteiger partial charge in [-0.15, -0.1) is 0 Å². The van der Waals surface area contributed by atoms with Gasteiger partial charge in [0, 0.05) is 12.0 Å². The molecule has 3 aromatic rings. The number of rotatable bonds is 16. The number of hydrogen-bond acceptors (Lipinski definition) is 1. The standard InChI is InChI=1S/C32H42O/c1-2-3-4-5-6-7-8-9-10-11-12-13-17-24-31(33)32-29-23-19-18-22-28(29)25-26-30(32)27-20-15-14-16-21-27/h14-16,18-23,25-26H,2-13,17,24H2,1H3. The molecular formula is C32H42O. The molecule has 1 nitrogen and oxygen atoms in total. The van der Waals surface area contributed by atoms with Gasteiger partial charge in [0.1, 0.15) is 0 Å². The van der Waals surface area contributed by atoms with E-state index in [0.717, 1.165) is 40.3 Å². The maximum Gasteiger partial charge on any atom is 0.164 e. The molecule has 0 aliphatic rings. The van der Waals surface area contributed by atoms with Gasteiger partial charge in [0.15, 0.2) is 5.78 Å². The van der Waals surface area contributed by atoms with E-state index in [0.29, 0.717) is 6.42 Å². The van der Waals surface area contributed by atoms with Crippen molar-refractivity contribution in [3.05, 3.63) is 72.3 Å². The van der Waals surface area contributed by atoms with Crippen LogP contribution in [0.3, 0.4) is 0 Å². The van der Waals surface area contributed by atoms with E-state index >= 15 is 0 Å². The van der Waals surface area contributed by atoms with Crippen molar-refractivity contribution in [1.29, 1.82) is 0 Å². The third-order valence-corrected chi connectivity index (χ3v) is 6.80. The van der Waals surface area contributed by atoms with Gasteiger partial charge in [0.2, 0.25) is 0 Å². The molecule has 0 bridgehead atoms. The second-order valence-electron chi connectivity index (χ2n) is 9.49. The highest BCUT2D eigenvalue weighted by Crippen LogP contribution is 2.31. The molecule has 0 saturated heterocycles. The van der Waals surface area contributed by atoms with E-state index in [9.17, 15) is 4.79 Å². The van der Waals surface area contributed by atoms with Crippen LogP contribution in [0.2, 0.25) is 0 Å². The van der Waals surface area contributed by atoms with Gasteiger partial charge in [-0.3, -0.25) is 4.79 Å². The average molecular weight is 443 g/mol. The minimum atomic E-state index is 0.286. The summed E-state index contributed by atoms with van der Waals surface area (Å²) in [6, 6.07) is 22.9. The van der Waals surface area contributed by atoms with Crippen LogP contribution >= 0.6 is 0 Å². The lowest BCUT2D eigenvalue weighted by Crippen LogP contribution is -2.03.